The van der Waals surface area contributed by atoms with Crippen LogP contribution in [0.4, 0.5) is 0 Å². The van der Waals surface area contributed by atoms with Gasteiger partial charge in [0.25, 0.3) is 0 Å². The first-order valence-corrected chi connectivity index (χ1v) is 8.03. The molecule has 122 valence electrons. The first-order valence-electron chi connectivity index (χ1n) is 8.03. The van der Waals surface area contributed by atoms with Gasteiger partial charge in [-0.25, -0.2) is 0 Å². The molecule has 0 atom stereocenters. The zero-order valence-electron chi connectivity index (χ0n) is 13.4. The van der Waals surface area contributed by atoms with Crippen LogP contribution in [0.1, 0.15) is 49.4 Å². The molecule has 0 saturated carbocycles. The Bertz CT molecular complexity index is 691. The van der Waals surface area contributed by atoms with Gasteiger partial charge in [-0.3, -0.25) is 9.59 Å². The molecular formula is C19H22O4. The summed E-state index contributed by atoms with van der Waals surface area (Å²) in [5.41, 5.74) is 0.370. The van der Waals surface area contributed by atoms with E-state index in [2.05, 4.69) is 0 Å². The molecule has 0 aliphatic rings. The number of unbranched alkanes of at least 4 members (excludes halogenated alkanes) is 2. The smallest absolute Gasteiger partial charge is 0.305 e. The van der Waals surface area contributed by atoms with Gasteiger partial charge in [-0.1, -0.05) is 36.8 Å². The first kappa shape index (κ1) is 17.0. The van der Waals surface area contributed by atoms with Gasteiger partial charge in [0.1, 0.15) is 5.75 Å². The van der Waals surface area contributed by atoms with Crippen LogP contribution in [0.3, 0.4) is 0 Å². The maximum Gasteiger partial charge on any atom is 0.305 e. The van der Waals surface area contributed by atoms with Gasteiger partial charge in [-0.15, -0.1) is 0 Å². The number of aromatic hydroxyl groups is 1. The molecule has 4 nitrogen and oxygen atoms in total. The molecule has 1 N–H and O–H groups in total. The van der Waals surface area contributed by atoms with E-state index in [1.54, 1.807) is 19.1 Å². The summed E-state index contributed by atoms with van der Waals surface area (Å²) in [6, 6.07) is 11.0. The van der Waals surface area contributed by atoms with Gasteiger partial charge in [0.05, 0.1) is 12.2 Å². The highest BCUT2D eigenvalue weighted by atomic mass is 16.5. The van der Waals surface area contributed by atoms with E-state index in [-0.39, 0.29) is 17.5 Å². The average Bonchev–Trinajstić information content (AvgIpc) is 2.55. The molecule has 0 radical (unpaired) electrons. The highest BCUT2D eigenvalue weighted by molar-refractivity contribution is 6.04. The molecule has 0 aromatic heterocycles. The van der Waals surface area contributed by atoms with Crippen molar-refractivity contribution < 1.29 is 19.4 Å². The summed E-state index contributed by atoms with van der Waals surface area (Å²) in [6.45, 7) is 2.19. The number of hydrogen-bond acceptors (Lipinski definition) is 4. The molecule has 0 aliphatic heterocycles. The summed E-state index contributed by atoms with van der Waals surface area (Å²) in [6.07, 6.45) is 2.97. The molecule has 0 spiro atoms. The molecule has 0 unspecified atom stereocenters. The lowest BCUT2D eigenvalue weighted by atomic mass is 9.99. The summed E-state index contributed by atoms with van der Waals surface area (Å²) in [5.74, 6) is -0.199. The van der Waals surface area contributed by atoms with Crippen molar-refractivity contribution in [2.45, 2.75) is 39.0 Å². The molecule has 0 fully saturated rings. The van der Waals surface area contributed by atoms with Gasteiger partial charge in [0.2, 0.25) is 0 Å². The minimum Gasteiger partial charge on any atom is -0.507 e. The fourth-order valence-electron chi connectivity index (χ4n) is 2.58. The van der Waals surface area contributed by atoms with E-state index in [9.17, 15) is 14.7 Å². The van der Waals surface area contributed by atoms with Crippen LogP contribution < -0.4 is 0 Å². The van der Waals surface area contributed by atoms with Crippen molar-refractivity contribution in [3.63, 3.8) is 0 Å². The SMILES string of the molecule is CCOC(=O)CCCCCC(=O)c1ccc2ccccc2c1O. The minimum atomic E-state index is -0.189. The van der Waals surface area contributed by atoms with Crippen molar-refractivity contribution in [1.82, 2.24) is 0 Å². The number of ketones is 1. The molecule has 23 heavy (non-hydrogen) atoms. The number of Topliss-reactive ketones (excluding diaryl/α,β-unsaturated/α-hetero) is 1. The number of phenols is 1. The quantitative estimate of drug-likeness (QED) is 0.449. The molecule has 2 aromatic carbocycles. The lowest BCUT2D eigenvalue weighted by molar-refractivity contribution is -0.143. The second kappa shape index (κ2) is 8.32. The summed E-state index contributed by atoms with van der Waals surface area (Å²) in [5, 5.41) is 11.9. The van der Waals surface area contributed by atoms with Crippen molar-refractivity contribution >= 4 is 22.5 Å². The molecular weight excluding hydrogens is 292 g/mol. The number of phenolic OH excluding ortho intramolecular Hbond substituents is 1. The molecule has 0 amide bonds. The van der Waals surface area contributed by atoms with Crippen LogP contribution in [0.25, 0.3) is 10.8 Å². The second-order valence-electron chi connectivity index (χ2n) is 5.47. The third kappa shape index (κ3) is 4.55. The maximum absolute atomic E-state index is 12.3. The maximum atomic E-state index is 12.3. The summed E-state index contributed by atoms with van der Waals surface area (Å²) in [7, 11) is 0. The van der Waals surface area contributed by atoms with Crippen molar-refractivity contribution in [3.05, 3.63) is 42.0 Å². The average molecular weight is 314 g/mol. The zero-order chi connectivity index (χ0) is 16.7. The predicted molar refractivity (Wildman–Crippen MR) is 89.7 cm³/mol. The van der Waals surface area contributed by atoms with Crippen molar-refractivity contribution in [3.8, 4) is 5.75 Å². The Morgan fingerprint density at radius 3 is 2.52 bits per heavy atom. The molecule has 2 rings (SSSR count). The Hall–Kier alpha value is -2.36. The van der Waals surface area contributed by atoms with Gasteiger partial charge in [-0.2, -0.15) is 0 Å². The van der Waals surface area contributed by atoms with E-state index in [1.165, 1.54) is 0 Å². The van der Waals surface area contributed by atoms with Crippen LogP contribution in [-0.4, -0.2) is 23.5 Å². The van der Waals surface area contributed by atoms with E-state index in [0.29, 0.717) is 36.8 Å². The van der Waals surface area contributed by atoms with E-state index in [1.807, 2.05) is 24.3 Å². The summed E-state index contributed by atoms with van der Waals surface area (Å²) in [4.78, 5) is 23.5. The predicted octanol–water partition coefficient (Wildman–Crippen LogP) is 4.24. The van der Waals surface area contributed by atoms with Gasteiger partial charge < -0.3 is 9.84 Å². The molecule has 0 heterocycles. The molecule has 2 aromatic rings. The van der Waals surface area contributed by atoms with Crippen LogP contribution in [0.2, 0.25) is 0 Å². The lowest BCUT2D eigenvalue weighted by Gasteiger charge is -2.07. The Morgan fingerprint density at radius 1 is 1.00 bits per heavy atom. The summed E-state index contributed by atoms with van der Waals surface area (Å²) >= 11 is 0. The van der Waals surface area contributed by atoms with Crippen molar-refractivity contribution in [1.29, 1.82) is 0 Å². The van der Waals surface area contributed by atoms with Gasteiger partial charge in [0.15, 0.2) is 5.78 Å². The Kier molecular flexibility index (Phi) is 6.15. The molecule has 0 bridgehead atoms. The third-order valence-electron chi connectivity index (χ3n) is 3.79. The number of ether oxygens (including phenoxy) is 1. The fourth-order valence-corrected chi connectivity index (χ4v) is 2.58. The van der Waals surface area contributed by atoms with E-state index in [0.717, 1.165) is 18.2 Å². The Balaban J connectivity index is 1.87. The van der Waals surface area contributed by atoms with Crippen LogP contribution in [0.5, 0.6) is 5.75 Å². The van der Waals surface area contributed by atoms with Gasteiger partial charge in [-0.05, 0) is 31.2 Å². The van der Waals surface area contributed by atoms with E-state index >= 15 is 0 Å². The number of fused-ring (bicyclic) bond motifs is 1. The largest absolute Gasteiger partial charge is 0.507 e. The Morgan fingerprint density at radius 2 is 1.74 bits per heavy atom. The normalized spacial score (nSPS) is 10.7. The first-order chi connectivity index (χ1) is 11.1. The lowest BCUT2D eigenvalue weighted by Crippen LogP contribution is -2.04. The van der Waals surface area contributed by atoms with E-state index in [4.69, 9.17) is 4.74 Å². The number of hydrogen-bond donors (Lipinski definition) is 1. The summed E-state index contributed by atoms with van der Waals surface area (Å²) < 4.78 is 4.86. The zero-order valence-corrected chi connectivity index (χ0v) is 13.4. The fraction of sp³-hybridized carbons (Fsp3) is 0.368. The number of carbonyl (C=O) groups is 2. The highest BCUT2D eigenvalue weighted by Gasteiger charge is 2.13. The molecule has 0 saturated heterocycles. The van der Waals surface area contributed by atoms with Crippen LogP contribution in [-0.2, 0) is 9.53 Å². The third-order valence-corrected chi connectivity index (χ3v) is 3.79. The highest BCUT2D eigenvalue weighted by Crippen LogP contribution is 2.29. The number of rotatable bonds is 8. The van der Waals surface area contributed by atoms with Crippen LogP contribution in [0, 0.1) is 0 Å². The van der Waals surface area contributed by atoms with Crippen molar-refractivity contribution in [2.75, 3.05) is 6.61 Å². The number of benzene rings is 2. The molecule has 0 aliphatic carbocycles. The number of esters is 1. The minimum absolute atomic E-state index is 0.0552. The standard InChI is InChI=1S/C19H22O4/c1-2-23-18(21)11-5-3-4-10-17(20)16-13-12-14-8-6-7-9-15(14)19(16)22/h6-9,12-13,22H,2-5,10-11H2,1H3. The van der Waals surface area contributed by atoms with Crippen molar-refractivity contribution in [2.24, 2.45) is 0 Å². The topological polar surface area (TPSA) is 63.6 Å². The van der Waals surface area contributed by atoms with Crippen LogP contribution >= 0.6 is 0 Å². The monoisotopic (exact) mass is 314 g/mol. The van der Waals surface area contributed by atoms with Gasteiger partial charge in [0, 0.05) is 18.2 Å². The second-order valence-corrected chi connectivity index (χ2v) is 5.47. The molecule has 4 heteroatoms. The van der Waals surface area contributed by atoms with Gasteiger partial charge >= 0.3 is 5.97 Å². The van der Waals surface area contributed by atoms with E-state index < -0.39 is 0 Å². The Labute approximate surface area is 136 Å². The van der Waals surface area contributed by atoms with Crippen LogP contribution in [0.15, 0.2) is 36.4 Å². The number of carbonyl (C=O) groups excluding carboxylic acids is 2.